The summed E-state index contributed by atoms with van der Waals surface area (Å²) in [6, 6.07) is 14.5. The molecule has 13 heteroatoms. The van der Waals surface area contributed by atoms with Crippen LogP contribution in [0.15, 0.2) is 66.2 Å². The van der Waals surface area contributed by atoms with Gasteiger partial charge in [0.1, 0.15) is 18.3 Å². The van der Waals surface area contributed by atoms with Crippen LogP contribution < -0.4 is 11.1 Å². The molecule has 1 aromatic heterocycles. The van der Waals surface area contributed by atoms with Crippen LogP contribution in [0.25, 0.3) is 0 Å². The lowest BCUT2D eigenvalue weighted by Gasteiger charge is -2.40. The van der Waals surface area contributed by atoms with Gasteiger partial charge in [0.25, 0.3) is 0 Å². The lowest BCUT2D eigenvalue weighted by Crippen LogP contribution is -2.62. The number of likely N-dealkylation sites (tertiary alicyclic amines) is 1. The molecule has 0 unspecified atom stereocenters. The Balaban J connectivity index is 1.29. The van der Waals surface area contributed by atoms with Gasteiger partial charge in [-0.1, -0.05) is 42.5 Å². The van der Waals surface area contributed by atoms with Gasteiger partial charge in [-0.2, -0.15) is 0 Å². The van der Waals surface area contributed by atoms with Gasteiger partial charge in [-0.05, 0) is 61.3 Å². The SMILES string of the molecule is N=C(N)N1CCC[C@@H](C[C@H](NC(=O)CN2C(=O)CN(CCCc3ccc(O)cc3)C(=O)[C@H]2Cc2ccccc2)C(=O)c2nccs2)C1. The molecule has 0 radical (unpaired) electrons. The van der Waals surface area contributed by atoms with Crippen molar-refractivity contribution in [1.29, 1.82) is 5.41 Å². The number of hydrogen-bond acceptors (Lipinski definition) is 8. The normalized spacial score (nSPS) is 19.0. The number of rotatable bonds is 13. The second-order valence-electron chi connectivity index (χ2n) is 12.2. The Morgan fingerprint density at radius 2 is 1.87 bits per heavy atom. The smallest absolute Gasteiger partial charge is 0.246 e. The Bertz CT molecular complexity index is 1550. The zero-order valence-corrected chi connectivity index (χ0v) is 27.0. The first kappa shape index (κ1) is 33.6. The number of piperidine rings is 1. The zero-order valence-electron chi connectivity index (χ0n) is 26.2. The van der Waals surface area contributed by atoms with E-state index >= 15 is 0 Å². The maximum Gasteiger partial charge on any atom is 0.246 e. The molecule has 2 aliphatic heterocycles. The first-order valence-corrected chi connectivity index (χ1v) is 16.8. The summed E-state index contributed by atoms with van der Waals surface area (Å²) in [5.74, 6) is -1.22. The van der Waals surface area contributed by atoms with Crippen molar-refractivity contribution in [2.75, 3.05) is 32.7 Å². The van der Waals surface area contributed by atoms with Gasteiger partial charge in [-0.25, -0.2) is 4.98 Å². The van der Waals surface area contributed by atoms with Gasteiger partial charge < -0.3 is 30.9 Å². The van der Waals surface area contributed by atoms with Crippen molar-refractivity contribution in [2.24, 2.45) is 11.7 Å². The number of nitrogens with two attached hydrogens (primary N) is 1. The second-order valence-corrected chi connectivity index (χ2v) is 13.0. The van der Waals surface area contributed by atoms with E-state index in [1.165, 1.54) is 22.4 Å². The van der Waals surface area contributed by atoms with Gasteiger partial charge in [0.2, 0.25) is 23.5 Å². The summed E-state index contributed by atoms with van der Waals surface area (Å²) in [6.45, 7) is 1.05. The standard InChI is InChI=1S/C34H41N7O5S/c35-34(36)40-16-5-9-25(20-40)18-27(31(45)32-37-14-17-47-32)38-29(43)21-41-28(19-24-6-2-1-3-7-24)33(46)39(22-30(41)44)15-4-8-23-10-12-26(42)13-11-23/h1-3,6-7,10-14,17,25,27-28,42H,4-5,8-9,15-16,18-22H2,(H3,35,36)(H,38,43)/t25-,27-,28+/m0/s1. The quantitative estimate of drug-likeness (QED) is 0.123. The Morgan fingerprint density at radius 3 is 2.57 bits per heavy atom. The van der Waals surface area contributed by atoms with Crippen LogP contribution in [-0.2, 0) is 27.2 Å². The highest BCUT2D eigenvalue weighted by molar-refractivity contribution is 7.11. The number of Topliss-reactive ketones (excluding diaryl/α,β-unsaturated/α-hetero) is 1. The number of thiazole rings is 1. The van der Waals surface area contributed by atoms with Crippen LogP contribution in [0.5, 0.6) is 5.75 Å². The van der Waals surface area contributed by atoms with Gasteiger partial charge in [-0.15, -0.1) is 11.3 Å². The molecular formula is C34H41N7O5S. The molecule has 3 aromatic rings. The van der Waals surface area contributed by atoms with Crippen LogP contribution in [0.4, 0.5) is 0 Å². The molecule has 2 aromatic carbocycles. The Kier molecular flexibility index (Phi) is 11.2. The van der Waals surface area contributed by atoms with Crippen molar-refractivity contribution in [3.05, 3.63) is 82.3 Å². The number of phenols is 1. The van der Waals surface area contributed by atoms with Crippen molar-refractivity contribution in [1.82, 2.24) is 25.0 Å². The number of aromatic hydroxyl groups is 1. The summed E-state index contributed by atoms with van der Waals surface area (Å²) in [5.41, 5.74) is 7.61. The van der Waals surface area contributed by atoms with E-state index in [-0.39, 0.29) is 59.7 Å². The summed E-state index contributed by atoms with van der Waals surface area (Å²) in [7, 11) is 0. The number of ketones is 1. The summed E-state index contributed by atoms with van der Waals surface area (Å²) < 4.78 is 0. The third-order valence-corrected chi connectivity index (χ3v) is 9.55. The topological polar surface area (TPSA) is 173 Å². The predicted molar refractivity (Wildman–Crippen MR) is 178 cm³/mol. The summed E-state index contributed by atoms with van der Waals surface area (Å²) in [6.07, 6.45) is 5.06. The average Bonchev–Trinajstić information content (AvgIpc) is 3.61. The molecular weight excluding hydrogens is 618 g/mol. The van der Waals surface area contributed by atoms with E-state index < -0.39 is 18.0 Å². The maximum atomic E-state index is 13.9. The highest BCUT2D eigenvalue weighted by Crippen LogP contribution is 2.24. The third kappa shape index (κ3) is 8.94. The molecule has 2 fully saturated rings. The number of piperazine rings is 1. The molecule has 2 aliphatic rings. The first-order valence-electron chi connectivity index (χ1n) is 15.9. The minimum atomic E-state index is -0.884. The van der Waals surface area contributed by atoms with Gasteiger partial charge in [0.05, 0.1) is 12.6 Å². The first-order chi connectivity index (χ1) is 22.7. The zero-order chi connectivity index (χ0) is 33.3. The maximum absolute atomic E-state index is 13.9. The van der Waals surface area contributed by atoms with Crippen LogP contribution in [0.1, 0.15) is 46.6 Å². The molecule has 12 nitrogen and oxygen atoms in total. The fraction of sp³-hybridized carbons (Fsp3) is 0.412. The third-order valence-electron chi connectivity index (χ3n) is 8.76. The number of aromatic nitrogens is 1. The number of guanidine groups is 1. The fourth-order valence-corrected chi connectivity index (χ4v) is 6.97. The van der Waals surface area contributed by atoms with Crippen molar-refractivity contribution < 1.29 is 24.3 Å². The van der Waals surface area contributed by atoms with Gasteiger partial charge >= 0.3 is 0 Å². The molecule has 0 saturated carbocycles. The molecule has 2 saturated heterocycles. The number of benzene rings is 2. The number of hydrogen-bond donors (Lipinski definition) is 4. The van der Waals surface area contributed by atoms with Gasteiger partial charge in [0.15, 0.2) is 11.0 Å². The van der Waals surface area contributed by atoms with Crippen LogP contribution in [0.2, 0.25) is 0 Å². The van der Waals surface area contributed by atoms with Crippen LogP contribution >= 0.6 is 11.3 Å². The van der Waals surface area contributed by atoms with Crippen LogP contribution in [-0.4, -0.2) is 99.1 Å². The van der Waals surface area contributed by atoms with E-state index in [1.54, 1.807) is 27.3 Å². The van der Waals surface area contributed by atoms with E-state index in [0.717, 1.165) is 24.0 Å². The van der Waals surface area contributed by atoms with E-state index in [9.17, 15) is 24.3 Å². The largest absolute Gasteiger partial charge is 0.508 e. The molecule has 3 heterocycles. The predicted octanol–water partition coefficient (Wildman–Crippen LogP) is 2.43. The number of carbonyl (C=O) groups excluding carboxylic acids is 4. The highest BCUT2D eigenvalue weighted by Gasteiger charge is 2.40. The molecule has 0 aliphatic carbocycles. The Labute approximate surface area is 278 Å². The lowest BCUT2D eigenvalue weighted by atomic mass is 9.90. The van der Waals surface area contributed by atoms with E-state index in [1.807, 2.05) is 42.5 Å². The summed E-state index contributed by atoms with van der Waals surface area (Å²) in [5, 5.41) is 22.2. The monoisotopic (exact) mass is 659 g/mol. The van der Waals surface area contributed by atoms with Crippen molar-refractivity contribution in [3.8, 4) is 5.75 Å². The lowest BCUT2D eigenvalue weighted by molar-refractivity contribution is -0.157. The van der Waals surface area contributed by atoms with Crippen LogP contribution in [0, 0.1) is 11.3 Å². The molecule has 5 rings (SSSR count). The van der Waals surface area contributed by atoms with Crippen LogP contribution in [0.3, 0.4) is 0 Å². The second kappa shape index (κ2) is 15.7. The van der Waals surface area contributed by atoms with E-state index in [2.05, 4.69) is 10.3 Å². The molecule has 0 bridgehead atoms. The number of carbonyl (C=O) groups is 4. The molecule has 3 atom stereocenters. The van der Waals surface area contributed by atoms with E-state index in [4.69, 9.17) is 11.1 Å². The van der Waals surface area contributed by atoms with E-state index in [0.29, 0.717) is 38.9 Å². The molecule has 248 valence electrons. The highest BCUT2D eigenvalue weighted by atomic mass is 32.1. The number of amides is 3. The van der Waals surface area contributed by atoms with Crippen molar-refractivity contribution in [3.63, 3.8) is 0 Å². The number of nitrogens with one attached hydrogen (secondary N) is 2. The minimum Gasteiger partial charge on any atom is -0.508 e. The number of phenolic OH excluding ortho intramolecular Hbond substituents is 1. The number of nitrogens with zero attached hydrogens (tertiary/aromatic N) is 4. The number of aryl methyl sites for hydroxylation is 1. The Hall–Kier alpha value is -4.78. The summed E-state index contributed by atoms with van der Waals surface area (Å²) in [4.78, 5) is 63.4. The molecule has 47 heavy (non-hydrogen) atoms. The molecule has 0 spiro atoms. The van der Waals surface area contributed by atoms with Crippen molar-refractivity contribution in [2.45, 2.75) is 50.6 Å². The minimum absolute atomic E-state index is 0.0148. The van der Waals surface area contributed by atoms with Gasteiger partial charge in [-0.3, -0.25) is 24.6 Å². The van der Waals surface area contributed by atoms with Gasteiger partial charge in [0, 0.05) is 37.6 Å². The molecule has 3 amide bonds. The summed E-state index contributed by atoms with van der Waals surface area (Å²) >= 11 is 1.20. The van der Waals surface area contributed by atoms with Crippen molar-refractivity contribution >= 4 is 40.8 Å². The molecule has 5 N–H and O–H groups in total. The fourth-order valence-electron chi connectivity index (χ4n) is 6.34. The average molecular weight is 660 g/mol. The Morgan fingerprint density at radius 1 is 1.11 bits per heavy atom.